The second-order valence-electron chi connectivity index (χ2n) is 3.29. The molecule has 0 aliphatic rings. The molecule has 3 nitrogen and oxygen atoms in total. The number of nitrogens with zero attached hydrogens (tertiary/aromatic N) is 2. The largest absolute Gasteiger partial charge is 0.294 e. The highest BCUT2D eigenvalue weighted by Gasteiger charge is 2.13. The van der Waals surface area contributed by atoms with Gasteiger partial charge >= 0.3 is 0 Å². The van der Waals surface area contributed by atoms with Gasteiger partial charge in [-0.05, 0) is 41.6 Å². The molecule has 1 aromatic carbocycles. The minimum absolute atomic E-state index is 0.0638. The van der Waals surface area contributed by atoms with E-state index in [-0.39, 0.29) is 5.78 Å². The standard InChI is InChI=1S/C11H8ClIN2O/c1-7(16)11-9(12)3-2-4-10(11)15-6-8(13)5-14-15/h2-6H,1H3. The van der Waals surface area contributed by atoms with Crippen molar-refractivity contribution in [1.82, 2.24) is 9.78 Å². The van der Waals surface area contributed by atoms with Crippen molar-refractivity contribution in [3.05, 3.63) is 44.7 Å². The predicted molar refractivity (Wildman–Crippen MR) is 71.3 cm³/mol. The van der Waals surface area contributed by atoms with Crippen LogP contribution in [0.25, 0.3) is 5.69 Å². The number of rotatable bonds is 2. The highest BCUT2D eigenvalue weighted by molar-refractivity contribution is 14.1. The Labute approximate surface area is 112 Å². The van der Waals surface area contributed by atoms with Gasteiger partial charge in [0.05, 0.1) is 26.0 Å². The molecule has 0 bridgehead atoms. The topological polar surface area (TPSA) is 34.9 Å². The van der Waals surface area contributed by atoms with E-state index in [0.717, 1.165) is 3.57 Å². The maximum Gasteiger partial charge on any atom is 0.163 e. The van der Waals surface area contributed by atoms with Crippen LogP contribution in [0.1, 0.15) is 17.3 Å². The van der Waals surface area contributed by atoms with E-state index in [2.05, 4.69) is 27.7 Å². The molecule has 0 aliphatic heterocycles. The Kier molecular flexibility index (Phi) is 3.30. The van der Waals surface area contributed by atoms with Gasteiger partial charge in [-0.2, -0.15) is 5.10 Å². The van der Waals surface area contributed by atoms with Crippen molar-refractivity contribution in [2.75, 3.05) is 0 Å². The molecule has 5 heteroatoms. The van der Waals surface area contributed by atoms with Crippen molar-refractivity contribution in [3.63, 3.8) is 0 Å². The van der Waals surface area contributed by atoms with E-state index in [1.165, 1.54) is 6.92 Å². The van der Waals surface area contributed by atoms with Crippen molar-refractivity contribution in [3.8, 4) is 5.69 Å². The SMILES string of the molecule is CC(=O)c1c(Cl)cccc1-n1cc(I)cn1. The number of aromatic nitrogens is 2. The van der Waals surface area contributed by atoms with E-state index in [1.54, 1.807) is 23.0 Å². The molecular formula is C11H8ClIN2O. The fourth-order valence-electron chi connectivity index (χ4n) is 1.48. The summed E-state index contributed by atoms with van der Waals surface area (Å²) in [6.07, 6.45) is 3.57. The molecule has 1 aromatic heterocycles. The van der Waals surface area contributed by atoms with Gasteiger partial charge in [0.15, 0.2) is 5.78 Å². The van der Waals surface area contributed by atoms with Crippen LogP contribution in [-0.4, -0.2) is 15.6 Å². The van der Waals surface area contributed by atoms with E-state index in [4.69, 9.17) is 11.6 Å². The van der Waals surface area contributed by atoms with Crippen molar-refractivity contribution >= 4 is 40.0 Å². The Balaban J connectivity index is 2.65. The second kappa shape index (κ2) is 4.55. The summed E-state index contributed by atoms with van der Waals surface area (Å²) in [4.78, 5) is 11.5. The first-order valence-corrected chi connectivity index (χ1v) is 6.05. The predicted octanol–water partition coefficient (Wildman–Crippen LogP) is 3.33. The number of benzene rings is 1. The van der Waals surface area contributed by atoms with Crippen molar-refractivity contribution in [2.45, 2.75) is 6.92 Å². The number of carbonyl (C=O) groups excluding carboxylic acids is 1. The molecule has 2 rings (SSSR count). The van der Waals surface area contributed by atoms with Crippen molar-refractivity contribution < 1.29 is 4.79 Å². The van der Waals surface area contributed by atoms with E-state index in [1.807, 2.05) is 12.3 Å². The van der Waals surface area contributed by atoms with Gasteiger partial charge < -0.3 is 0 Å². The van der Waals surface area contributed by atoms with E-state index in [0.29, 0.717) is 16.3 Å². The van der Waals surface area contributed by atoms with Crippen molar-refractivity contribution in [2.24, 2.45) is 0 Å². The van der Waals surface area contributed by atoms with Gasteiger partial charge in [-0.15, -0.1) is 0 Å². The van der Waals surface area contributed by atoms with Crippen molar-refractivity contribution in [1.29, 1.82) is 0 Å². The van der Waals surface area contributed by atoms with E-state index < -0.39 is 0 Å². The highest BCUT2D eigenvalue weighted by atomic mass is 127. The summed E-state index contributed by atoms with van der Waals surface area (Å²) in [7, 11) is 0. The monoisotopic (exact) mass is 346 g/mol. The summed E-state index contributed by atoms with van der Waals surface area (Å²) >= 11 is 8.18. The number of hydrogen-bond acceptors (Lipinski definition) is 2. The van der Waals surface area contributed by atoms with Gasteiger partial charge in [-0.1, -0.05) is 17.7 Å². The molecule has 0 unspecified atom stereocenters. The van der Waals surface area contributed by atoms with Gasteiger partial charge in [-0.25, -0.2) is 4.68 Å². The minimum Gasteiger partial charge on any atom is -0.294 e. The molecule has 0 aliphatic carbocycles. The first-order valence-electron chi connectivity index (χ1n) is 4.59. The smallest absolute Gasteiger partial charge is 0.163 e. The van der Waals surface area contributed by atoms with Gasteiger partial charge in [0.1, 0.15) is 0 Å². The average molecular weight is 347 g/mol. The van der Waals surface area contributed by atoms with E-state index >= 15 is 0 Å². The van der Waals surface area contributed by atoms with Crippen LogP contribution in [0.4, 0.5) is 0 Å². The lowest BCUT2D eigenvalue weighted by Gasteiger charge is -2.08. The lowest BCUT2D eigenvalue weighted by molar-refractivity contribution is 0.101. The maximum atomic E-state index is 11.5. The Morgan fingerprint density at radius 1 is 1.50 bits per heavy atom. The zero-order valence-corrected chi connectivity index (χ0v) is 11.4. The van der Waals surface area contributed by atoms with Crippen LogP contribution in [0.3, 0.4) is 0 Å². The lowest BCUT2D eigenvalue weighted by Crippen LogP contribution is -2.04. The number of ketones is 1. The molecule has 82 valence electrons. The van der Waals surface area contributed by atoms with Crippen LogP contribution in [0.15, 0.2) is 30.6 Å². The molecule has 0 saturated carbocycles. The third kappa shape index (κ3) is 2.12. The number of halogens is 2. The molecule has 0 fully saturated rings. The number of hydrogen-bond donors (Lipinski definition) is 0. The third-order valence-corrected chi connectivity index (χ3v) is 3.01. The Morgan fingerprint density at radius 3 is 2.81 bits per heavy atom. The molecule has 0 atom stereocenters. The zero-order chi connectivity index (χ0) is 11.7. The summed E-state index contributed by atoms with van der Waals surface area (Å²) in [6, 6.07) is 5.33. The molecule has 0 N–H and O–H groups in total. The minimum atomic E-state index is -0.0638. The van der Waals surface area contributed by atoms with Crippen LogP contribution in [-0.2, 0) is 0 Å². The number of Topliss-reactive ketones (excluding diaryl/α,β-unsaturated/α-hetero) is 1. The molecule has 0 radical (unpaired) electrons. The molecule has 16 heavy (non-hydrogen) atoms. The normalized spacial score (nSPS) is 10.4. The maximum absolute atomic E-state index is 11.5. The van der Waals surface area contributed by atoms with Crippen LogP contribution in [0.5, 0.6) is 0 Å². The zero-order valence-electron chi connectivity index (χ0n) is 8.45. The first kappa shape index (κ1) is 11.6. The molecule has 0 saturated heterocycles. The summed E-state index contributed by atoms with van der Waals surface area (Å²) in [5, 5.41) is 4.62. The lowest BCUT2D eigenvalue weighted by atomic mass is 10.1. The molecular weight excluding hydrogens is 338 g/mol. The Morgan fingerprint density at radius 2 is 2.25 bits per heavy atom. The van der Waals surface area contributed by atoms with E-state index in [9.17, 15) is 4.79 Å². The highest BCUT2D eigenvalue weighted by Crippen LogP contribution is 2.23. The fraction of sp³-hybridized carbons (Fsp3) is 0.0909. The summed E-state index contributed by atoms with van der Waals surface area (Å²) in [5.74, 6) is -0.0638. The summed E-state index contributed by atoms with van der Waals surface area (Å²) in [5.41, 5.74) is 1.21. The van der Waals surface area contributed by atoms with Gasteiger partial charge in [0.25, 0.3) is 0 Å². The summed E-state index contributed by atoms with van der Waals surface area (Å²) in [6.45, 7) is 1.50. The third-order valence-electron chi connectivity index (χ3n) is 2.14. The molecule has 2 aromatic rings. The summed E-state index contributed by atoms with van der Waals surface area (Å²) < 4.78 is 2.66. The number of carbonyl (C=O) groups is 1. The second-order valence-corrected chi connectivity index (χ2v) is 4.95. The van der Waals surface area contributed by atoms with Crippen LogP contribution < -0.4 is 0 Å². The van der Waals surface area contributed by atoms with Crippen LogP contribution in [0, 0.1) is 3.57 Å². The Bertz CT molecular complexity index is 551. The van der Waals surface area contributed by atoms with Gasteiger partial charge in [-0.3, -0.25) is 4.79 Å². The molecule has 0 spiro atoms. The van der Waals surface area contributed by atoms with Gasteiger partial charge in [0.2, 0.25) is 0 Å². The fourth-order valence-corrected chi connectivity index (χ4v) is 2.18. The van der Waals surface area contributed by atoms with Crippen LogP contribution >= 0.6 is 34.2 Å². The van der Waals surface area contributed by atoms with Crippen LogP contribution in [0.2, 0.25) is 5.02 Å². The quantitative estimate of drug-likeness (QED) is 0.617. The first-order chi connectivity index (χ1) is 7.59. The molecule has 0 amide bonds. The molecule has 1 heterocycles. The average Bonchev–Trinajstić information content (AvgIpc) is 2.63. The van der Waals surface area contributed by atoms with Gasteiger partial charge in [0, 0.05) is 6.20 Å². The Hall–Kier alpha value is -0.880.